The molecule has 0 unspecified atom stereocenters. The highest BCUT2D eigenvalue weighted by Crippen LogP contribution is 2.30. The molecule has 0 saturated heterocycles. The van der Waals surface area contributed by atoms with Crippen LogP contribution in [0.4, 0.5) is 5.69 Å². The van der Waals surface area contributed by atoms with Gasteiger partial charge >= 0.3 is 0 Å². The number of ether oxygens (including phenoxy) is 1. The van der Waals surface area contributed by atoms with Gasteiger partial charge in [-0.25, -0.2) is 17.9 Å². The van der Waals surface area contributed by atoms with Gasteiger partial charge in [-0.2, -0.15) is 9.40 Å². The summed E-state index contributed by atoms with van der Waals surface area (Å²) in [6, 6.07) is 16.1. The summed E-state index contributed by atoms with van der Waals surface area (Å²) in [6.45, 7) is 6.27. The van der Waals surface area contributed by atoms with E-state index in [9.17, 15) is 13.2 Å². The highest BCUT2D eigenvalue weighted by atomic mass is 32.2. The third-order valence-corrected chi connectivity index (χ3v) is 7.61. The van der Waals surface area contributed by atoms with Crippen molar-refractivity contribution in [1.82, 2.24) is 18.9 Å². The maximum atomic E-state index is 13.2. The first-order chi connectivity index (χ1) is 16.9. The Morgan fingerprint density at radius 1 is 1.06 bits per heavy atom. The lowest BCUT2D eigenvalue weighted by atomic mass is 10.1. The van der Waals surface area contributed by atoms with E-state index in [1.807, 2.05) is 36.4 Å². The molecule has 0 spiro atoms. The largest absolute Gasteiger partial charge is 0.492 e. The molecule has 182 valence electrons. The van der Waals surface area contributed by atoms with E-state index in [4.69, 9.17) is 4.74 Å². The molecule has 1 N–H and O–H groups in total. The number of carbonyl (C=O) groups excluding carboxylic acids is 1. The SMILES string of the molecule is CCOc1ccc(NC(=O)c2cnn3c(-c4ccccc4)ccnc23)cc1S(=O)(=O)N(CC)CC. The van der Waals surface area contributed by atoms with Crippen molar-refractivity contribution in [2.45, 2.75) is 25.7 Å². The van der Waals surface area contributed by atoms with Crippen LogP contribution in [0.2, 0.25) is 0 Å². The summed E-state index contributed by atoms with van der Waals surface area (Å²) in [5.41, 5.74) is 2.72. The molecule has 35 heavy (non-hydrogen) atoms. The number of rotatable bonds is 9. The Labute approximate surface area is 204 Å². The third kappa shape index (κ3) is 4.75. The molecule has 1 amide bonds. The number of benzene rings is 2. The van der Waals surface area contributed by atoms with Crippen LogP contribution in [-0.2, 0) is 10.0 Å². The van der Waals surface area contributed by atoms with Crippen LogP contribution >= 0.6 is 0 Å². The van der Waals surface area contributed by atoms with Crippen molar-refractivity contribution < 1.29 is 17.9 Å². The first-order valence-corrected chi connectivity index (χ1v) is 12.8. The van der Waals surface area contributed by atoms with Gasteiger partial charge in [0.1, 0.15) is 16.2 Å². The quantitative estimate of drug-likeness (QED) is 0.377. The topological polar surface area (TPSA) is 106 Å². The molecule has 0 fully saturated rings. The van der Waals surface area contributed by atoms with Gasteiger partial charge in [-0.15, -0.1) is 0 Å². The summed E-state index contributed by atoms with van der Waals surface area (Å²) < 4.78 is 34.9. The highest BCUT2D eigenvalue weighted by Gasteiger charge is 2.27. The fraction of sp³-hybridized carbons (Fsp3) is 0.240. The Kier molecular flexibility index (Phi) is 7.13. The predicted octanol–water partition coefficient (Wildman–Crippen LogP) is 4.08. The van der Waals surface area contributed by atoms with Crippen molar-refractivity contribution in [3.63, 3.8) is 0 Å². The van der Waals surface area contributed by atoms with Gasteiger partial charge < -0.3 is 10.1 Å². The lowest BCUT2D eigenvalue weighted by Crippen LogP contribution is -2.31. The molecule has 0 saturated carbocycles. The molecule has 0 aliphatic heterocycles. The second kappa shape index (κ2) is 10.2. The lowest BCUT2D eigenvalue weighted by Gasteiger charge is -2.21. The third-order valence-electron chi connectivity index (χ3n) is 5.54. The number of amides is 1. The summed E-state index contributed by atoms with van der Waals surface area (Å²) in [6.07, 6.45) is 3.08. The zero-order valence-electron chi connectivity index (χ0n) is 19.8. The van der Waals surface area contributed by atoms with Crippen molar-refractivity contribution >= 4 is 27.3 Å². The van der Waals surface area contributed by atoms with Crippen molar-refractivity contribution in [3.8, 4) is 17.0 Å². The van der Waals surface area contributed by atoms with Crippen molar-refractivity contribution in [2.24, 2.45) is 0 Å². The van der Waals surface area contributed by atoms with Gasteiger partial charge in [0, 0.05) is 30.5 Å². The molecule has 0 atom stereocenters. The summed E-state index contributed by atoms with van der Waals surface area (Å²) in [4.78, 5) is 17.5. The zero-order valence-corrected chi connectivity index (χ0v) is 20.6. The van der Waals surface area contributed by atoms with E-state index >= 15 is 0 Å². The van der Waals surface area contributed by atoms with E-state index in [1.54, 1.807) is 43.6 Å². The first kappa shape index (κ1) is 24.4. The number of hydrogen-bond donors (Lipinski definition) is 1. The zero-order chi connectivity index (χ0) is 25.0. The monoisotopic (exact) mass is 493 g/mol. The second-order valence-corrected chi connectivity index (χ2v) is 9.53. The Balaban J connectivity index is 1.69. The minimum atomic E-state index is -3.81. The predicted molar refractivity (Wildman–Crippen MR) is 134 cm³/mol. The van der Waals surface area contributed by atoms with Gasteiger partial charge in [0.15, 0.2) is 5.65 Å². The van der Waals surface area contributed by atoms with E-state index in [1.165, 1.54) is 16.6 Å². The smallest absolute Gasteiger partial charge is 0.261 e. The van der Waals surface area contributed by atoms with E-state index in [0.717, 1.165) is 11.3 Å². The molecule has 0 aliphatic rings. The molecule has 0 aliphatic carbocycles. The van der Waals surface area contributed by atoms with Gasteiger partial charge in [0.05, 0.1) is 18.5 Å². The number of hydrogen-bond acceptors (Lipinski definition) is 6. The summed E-state index contributed by atoms with van der Waals surface area (Å²) in [5.74, 6) is -0.212. The fourth-order valence-corrected chi connectivity index (χ4v) is 5.46. The van der Waals surface area contributed by atoms with E-state index in [-0.39, 0.29) is 16.2 Å². The molecule has 4 rings (SSSR count). The van der Waals surface area contributed by atoms with Gasteiger partial charge in [-0.05, 0) is 31.2 Å². The van der Waals surface area contributed by atoms with Gasteiger partial charge in [0.2, 0.25) is 10.0 Å². The minimum absolute atomic E-state index is 0.00482. The van der Waals surface area contributed by atoms with E-state index in [0.29, 0.717) is 31.0 Å². The van der Waals surface area contributed by atoms with Gasteiger partial charge in [-0.1, -0.05) is 44.2 Å². The fourth-order valence-electron chi connectivity index (χ4n) is 3.84. The Bertz CT molecular complexity index is 1450. The number of nitrogens with one attached hydrogen (secondary N) is 1. The number of aromatic nitrogens is 3. The first-order valence-electron chi connectivity index (χ1n) is 11.4. The average Bonchev–Trinajstić information content (AvgIpc) is 3.31. The number of fused-ring (bicyclic) bond motifs is 1. The Morgan fingerprint density at radius 2 is 1.80 bits per heavy atom. The van der Waals surface area contributed by atoms with Crippen LogP contribution in [-0.4, -0.2) is 52.9 Å². The molecule has 4 aromatic rings. The van der Waals surface area contributed by atoms with E-state index in [2.05, 4.69) is 15.4 Å². The van der Waals surface area contributed by atoms with Crippen LogP contribution < -0.4 is 10.1 Å². The number of sulfonamides is 1. The number of nitrogens with zero attached hydrogens (tertiary/aromatic N) is 4. The standard InChI is InChI=1S/C25H27N5O4S/c1-4-29(5-2)35(32,33)23-16-19(12-13-22(23)34-6-3)28-25(31)20-17-27-30-21(14-15-26-24(20)30)18-10-8-7-9-11-18/h7-17H,4-6H2,1-3H3,(H,28,31). The molecular weight excluding hydrogens is 466 g/mol. The summed E-state index contributed by atoms with van der Waals surface area (Å²) in [7, 11) is -3.81. The van der Waals surface area contributed by atoms with Crippen molar-refractivity contribution in [2.75, 3.05) is 25.0 Å². The molecular formula is C25H27N5O4S. The van der Waals surface area contributed by atoms with Crippen LogP contribution in [0, 0.1) is 0 Å². The Hall–Kier alpha value is -3.76. The van der Waals surface area contributed by atoms with E-state index < -0.39 is 15.9 Å². The molecule has 2 heterocycles. The van der Waals surface area contributed by atoms with Crippen LogP contribution in [0.1, 0.15) is 31.1 Å². The van der Waals surface area contributed by atoms with Crippen LogP contribution in [0.3, 0.4) is 0 Å². The normalized spacial score (nSPS) is 11.7. The van der Waals surface area contributed by atoms with Crippen molar-refractivity contribution in [3.05, 3.63) is 72.6 Å². The molecule has 9 nitrogen and oxygen atoms in total. The number of anilines is 1. The Morgan fingerprint density at radius 3 is 2.49 bits per heavy atom. The lowest BCUT2D eigenvalue weighted by molar-refractivity contribution is 0.102. The minimum Gasteiger partial charge on any atom is -0.492 e. The molecule has 0 radical (unpaired) electrons. The molecule has 10 heteroatoms. The molecule has 2 aromatic carbocycles. The van der Waals surface area contributed by atoms with Gasteiger partial charge in [-0.3, -0.25) is 4.79 Å². The van der Waals surface area contributed by atoms with Crippen molar-refractivity contribution in [1.29, 1.82) is 0 Å². The number of carbonyl (C=O) groups is 1. The summed E-state index contributed by atoms with van der Waals surface area (Å²) in [5, 5.41) is 7.15. The van der Waals surface area contributed by atoms with Crippen LogP contribution in [0.15, 0.2) is 71.9 Å². The summed E-state index contributed by atoms with van der Waals surface area (Å²) >= 11 is 0. The second-order valence-electron chi connectivity index (χ2n) is 7.63. The van der Waals surface area contributed by atoms with Crippen LogP contribution in [0.25, 0.3) is 16.9 Å². The molecule has 2 aromatic heterocycles. The van der Waals surface area contributed by atoms with Crippen LogP contribution in [0.5, 0.6) is 5.75 Å². The maximum absolute atomic E-state index is 13.2. The highest BCUT2D eigenvalue weighted by molar-refractivity contribution is 7.89. The maximum Gasteiger partial charge on any atom is 0.261 e. The average molecular weight is 494 g/mol. The van der Waals surface area contributed by atoms with Gasteiger partial charge in [0.25, 0.3) is 5.91 Å². The molecule has 0 bridgehead atoms.